The van der Waals surface area contributed by atoms with E-state index in [4.69, 9.17) is 15.2 Å². The normalized spacial score (nSPS) is 26.0. The van der Waals surface area contributed by atoms with Crippen molar-refractivity contribution in [2.75, 3.05) is 18.1 Å². The Morgan fingerprint density at radius 2 is 2.35 bits per heavy atom. The van der Waals surface area contributed by atoms with Crippen LogP contribution < -0.4 is 15.4 Å². The van der Waals surface area contributed by atoms with E-state index in [1.807, 2.05) is 18.2 Å². The molecule has 0 saturated carbocycles. The van der Waals surface area contributed by atoms with Gasteiger partial charge in [-0.1, -0.05) is 15.9 Å². The third-order valence-corrected chi connectivity index (χ3v) is 3.53. The molecule has 2 aliphatic heterocycles. The van der Waals surface area contributed by atoms with Gasteiger partial charge in [0.05, 0.1) is 5.69 Å². The van der Waals surface area contributed by atoms with Crippen LogP contribution in [-0.4, -0.2) is 31.4 Å². The molecule has 1 amide bonds. The Labute approximate surface area is 107 Å². The summed E-state index contributed by atoms with van der Waals surface area (Å²) in [6.07, 6.45) is -0.642. The number of hydrogen-bond donors (Lipinski definition) is 1. The first-order valence-electron chi connectivity index (χ1n) is 5.33. The van der Waals surface area contributed by atoms with Gasteiger partial charge in [0.2, 0.25) is 0 Å². The molecule has 0 aliphatic carbocycles. The molecule has 0 radical (unpaired) electrons. The predicted molar refractivity (Wildman–Crippen MR) is 65.2 cm³/mol. The summed E-state index contributed by atoms with van der Waals surface area (Å²) in [5, 5.41) is 0. The van der Waals surface area contributed by atoms with Gasteiger partial charge >= 0.3 is 6.09 Å². The molecule has 0 spiro atoms. The fraction of sp³-hybridized carbons (Fsp3) is 0.364. The van der Waals surface area contributed by atoms with Crippen molar-refractivity contribution in [2.45, 2.75) is 12.1 Å². The van der Waals surface area contributed by atoms with Crippen molar-refractivity contribution in [3.05, 3.63) is 22.7 Å². The molecule has 6 heteroatoms. The molecule has 90 valence electrons. The highest BCUT2D eigenvalue weighted by atomic mass is 79.9. The molecular formula is C11H11BrN2O3. The number of carbonyl (C=O) groups is 1. The summed E-state index contributed by atoms with van der Waals surface area (Å²) in [4.78, 5) is 13.4. The fourth-order valence-electron chi connectivity index (χ4n) is 2.21. The number of hydrogen-bond acceptors (Lipinski definition) is 4. The Hall–Kier alpha value is -1.27. The molecule has 2 heterocycles. The summed E-state index contributed by atoms with van der Waals surface area (Å²) in [6, 6.07) is 5.43. The Balaban J connectivity index is 2.04. The van der Waals surface area contributed by atoms with Gasteiger partial charge in [-0.25, -0.2) is 4.79 Å². The maximum Gasteiger partial charge on any atom is 0.415 e. The van der Waals surface area contributed by atoms with Crippen LogP contribution in [0, 0.1) is 0 Å². The zero-order chi connectivity index (χ0) is 12.0. The lowest BCUT2D eigenvalue weighted by Gasteiger charge is -2.30. The Morgan fingerprint density at radius 1 is 1.53 bits per heavy atom. The van der Waals surface area contributed by atoms with E-state index in [2.05, 4.69) is 15.9 Å². The van der Waals surface area contributed by atoms with Crippen molar-refractivity contribution in [3.8, 4) is 5.75 Å². The van der Waals surface area contributed by atoms with Crippen molar-refractivity contribution >= 4 is 27.7 Å². The Morgan fingerprint density at radius 3 is 3.12 bits per heavy atom. The topological polar surface area (TPSA) is 64.8 Å². The molecule has 2 N–H and O–H groups in total. The van der Waals surface area contributed by atoms with Crippen molar-refractivity contribution in [3.63, 3.8) is 0 Å². The molecule has 2 aliphatic rings. The van der Waals surface area contributed by atoms with Crippen molar-refractivity contribution in [1.29, 1.82) is 0 Å². The second-order valence-corrected chi connectivity index (χ2v) is 4.93. The number of halogens is 1. The van der Waals surface area contributed by atoms with Crippen LogP contribution in [-0.2, 0) is 4.74 Å². The highest BCUT2D eigenvalue weighted by Crippen LogP contribution is 2.39. The van der Waals surface area contributed by atoms with Gasteiger partial charge in [-0.2, -0.15) is 0 Å². The van der Waals surface area contributed by atoms with E-state index in [1.54, 1.807) is 4.90 Å². The zero-order valence-electron chi connectivity index (χ0n) is 8.93. The van der Waals surface area contributed by atoms with E-state index in [0.717, 1.165) is 10.2 Å². The minimum Gasteiger partial charge on any atom is -0.489 e. The van der Waals surface area contributed by atoms with E-state index < -0.39 is 0 Å². The number of amides is 1. The first-order chi connectivity index (χ1) is 8.20. The first-order valence-corrected chi connectivity index (χ1v) is 6.12. The van der Waals surface area contributed by atoms with Crippen LogP contribution in [0.15, 0.2) is 22.7 Å². The molecule has 1 aromatic rings. The summed E-state index contributed by atoms with van der Waals surface area (Å²) >= 11 is 3.37. The van der Waals surface area contributed by atoms with E-state index in [9.17, 15) is 4.79 Å². The number of nitrogens with two attached hydrogens (primary N) is 1. The largest absolute Gasteiger partial charge is 0.489 e. The summed E-state index contributed by atoms with van der Waals surface area (Å²) in [5.74, 6) is 0.685. The monoisotopic (exact) mass is 298 g/mol. The average molecular weight is 299 g/mol. The molecule has 2 atom stereocenters. The number of cyclic esters (lactones) is 1. The average Bonchev–Trinajstić information content (AvgIpc) is 2.66. The lowest BCUT2D eigenvalue weighted by Crippen LogP contribution is -2.46. The predicted octanol–water partition coefficient (Wildman–Crippen LogP) is 1.49. The van der Waals surface area contributed by atoms with Crippen LogP contribution in [0.1, 0.15) is 0 Å². The second kappa shape index (κ2) is 3.89. The molecular weight excluding hydrogens is 288 g/mol. The number of carbonyl (C=O) groups excluding carboxylic acids is 1. The molecule has 1 saturated heterocycles. The maximum atomic E-state index is 11.8. The quantitative estimate of drug-likeness (QED) is 0.853. The molecule has 1 fully saturated rings. The molecule has 0 bridgehead atoms. The Kier molecular flexibility index (Phi) is 2.48. The van der Waals surface area contributed by atoms with Gasteiger partial charge < -0.3 is 15.2 Å². The summed E-state index contributed by atoms with van der Waals surface area (Å²) in [7, 11) is 0. The SMILES string of the molecule is NC[C@@H]1OC(=O)N2c3ccc(Br)cc3OC[C@H]12. The van der Waals surface area contributed by atoms with Crippen LogP contribution in [0.2, 0.25) is 0 Å². The van der Waals surface area contributed by atoms with Crippen LogP contribution in [0.4, 0.5) is 10.5 Å². The molecule has 17 heavy (non-hydrogen) atoms. The van der Waals surface area contributed by atoms with Gasteiger partial charge in [0.25, 0.3) is 0 Å². The van der Waals surface area contributed by atoms with Gasteiger partial charge in [0.1, 0.15) is 24.5 Å². The number of ether oxygens (including phenoxy) is 2. The van der Waals surface area contributed by atoms with Gasteiger partial charge in [-0.3, -0.25) is 4.90 Å². The van der Waals surface area contributed by atoms with Crippen molar-refractivity contribution < 1.29 is 14.3 Å². The molecule has 5 nitrogen and oxygen atoms in total. The van der Waals surface area contributed by atoms with Crippen LogP contribution in [0.25, 0.3) is 0 Å². The standard InChI is InChI=1S/C11H11BrN2O3/c12-6-1-2-7-9(3-6)16-5-8-10(4-13)17-11(15)14(7)8/h1-3,8,10H,4-5,13H2/t8-,10+/m1/s1. The molecule has 1 aromatic carbocycles. The van der Waals surface area contributed by atoms with Crippen molar-refractivity contribution in [1.82, 2.24) is 0 Å². The third-order valence-electron chi connectivity index (χ3n) is 3.03. The number of rotatable bonds is 1. The summed E-state index contributed by atoms with van der Waals surface area (Å²) < 4.78 is 11.8. The maximum absolute atomic E-state index is 11.8. The summed E-state index contributed by atoms with van der Waals surface area (Å²) in [5.41, 5.74) is 6.32. The van der Waals surface area contributed by atoms with Crippen molar-refractivity contribution in [2.24, 2.45) is 5.73 Å². The smallest absolute Gasteiger partial charge is 0.415 e. The van der Waals surface area contributed by atoms with E-state index >= 15 is 0 Å². The Bertz CT molecular complexity index is 480. The third kappa shape index (κ3) is 1.59. The molecule has 0 unspecified atom stereocenters. The van der Waals surface area contributed by atoms with Crippen LogP contribution in [0.5, 0.6) is 5.75 Å². The van der Waals surface area contributed by atoms with Crippen LogP contribution in [0.3, 0.4) is 0 Å². The lowest BCUT2D eigenvalue weighted by atomic mass is 10.1. The highest BCUT2D eigenvalue weighted by molar-refractivity contribution is 9.10. The fourth-order valence-corrected chi connectivity index (χ4v) is 2.55. The number of anilines is 1. The molecule has 0 aromatic heterocycles. The molecule has 3 rings (SSSR count). The van der Waals surface area contributed by atoms with Gasteiger partial charge in [-0.05, 0) is 18.2 Å². The number of nitrogens with zero attached hydrogens (tertiary/aromatic N) is 1. The summed E-state index contributed by atoms with van der Waals surface area (Å²) in [6.45, 7) is 0.721. The van der Waals surface area contributed by atoms with Gasteiger partial charge in [0.15, 0.2) is 0 Å². The van der Waals surface area contributed by atoms with Gasteiger partial charge in [-0.15, -0.1) is 0 Å². The van der Waals surface area contributed by atoms with Gasteiger partial charge in [0, 0.05) is 11.0 Å². The zero-order valence-corrected chi connectivity index (χ0v) is 10.5. The first kappa shape index (κ1) is 10.9. The minimum atomic E-state index is -0.350. The number of benzene rings is 1. The second-order valence-electron chi connectivity index (χ2n) is 4.02. The lowest BCUT2D eigenvalue weighted by molar-refractivity contribution is 0.126. The minimum absolute atomic E-state index is 0.124. The van der Waals surface area contributed by atoms with Crippen LogP contribution >= 0.6 is 15.9 Å². The van der Waals surface area contributed by atoms with E-state index in [0.29, 0.717) is 18.9 Å². The highest BCUT2D eigenvalue weighted by Gasteiger charge is 2.45. The number of fused-ring (bicyclic) bond motifs is 3. The van der Waals surface area contributed by atoms with E-state index in [1.165, 1.54) is 0 Å². The van der Waals surface area contributed by atoms with E-state index in [-0.39, 0.29) is 18.2 Å².